The highest BCUT2D eigenvalue weighted by atomic mass is 16.2. The van der Waals surface area contributed by atoms with Crippen molar-refractivity contribution in [3.05, 3.63) is 0 Å². The molecule has 4 atom stereocenters. The molecule has 5 heteroatoms. The third kappa shape index (κ3) is 3.32. The topological polar surface area (TPSA) is 43.9 Å². The molecule has 4 aliphatic heterocycles. The van der Waals surface area contributed by atoms with Crippen LogP contribution in [0.25, 0.3) is 0 Å². The summed E-state index contributed by atoms with van der Waals surface area (Å²) in [4.78, 5) is 32.0. The molecule has 0 radical (unpaired) electrons. The fraction of sp³-hybridized carbons (Fsp3) is 0.900. The van der Waals surface area contributed by atoms with Crippen molar-refractivity contribution in [1.29, 1.82) is 0 Å². The number of rotatable bonds is 3. The van der Waals surface area contributed by atoms with Gasteiger partial charge < -0.3 is 14.7 Å². The lowest BCUT2D eigenvalue weighted by Crippen LogP contribution is -2.60. The van der Waals surface area contributed by atoms with Gasteiger partial charge in [-0.15, -0.1) is 0 Å². The van der Waals surface area contributed by atoms with E-state index in [2.05, 4.69) is 4.90 Å². The molecule has 5 nitrogen and oxygen atoms in total. The van der Waals surface area contributed by atoms with Crippen LogP contribution in [-0.4, -0.2) is 70.8 Å². The van der Waals surface area contributed by atoms with Crippen LogP contribution in [0, 0.1) is 5.92 Å². The average Bonchev–Trinajstić information content (AvgIpc) is 3.11. The molecule has 0 aromatic heterocycles. The third-order valence-electron chi connectivity index (χ3n) is 7.17. The van der Waals surface area contributed by atoms with Gasteiger partial charge in [-0.3, -0.25) is 9.59 Å². The summed E-state index contributed by atoms with van der Waals surface area (Å²) in [6.07, 6.45) is 10.3. The van der Waals surface area contributed by atoms with Crippen LogP contribution in [-0.2, 0) is 9.59 Å². The van der Waals surface area contributed by atoms with E-state index in [-0.39, 0.29) is 23.9 Å². The van der Waals surface area contributed by atoms with Gasteiger partial charge in [0.05, 0.1) is 0 Å². The van der Waals surface area contributed by atoms with Gasteiger partial charge in [-0.05, 0) is 70.9 Å². The first-order valence-electron chi connectivity index (χ1n) is 10.5. The summed E-state index contributed by atoms with van der Waals surface area (Å²) >= 11 is 0. The standard InChI is InChI=1S/C20H33N3O2/c1-15-20(25)22-13-5-7-17(22)14-23(15)19(24)10-9-16-6-4-12-21-11-3-2-8-18(16)21/h15-18H,2-14H2,1H3/t15-,16+,17+,18-/m1/s1. The van der Waals surface area contributed by atoms with E-state index in [1.54, 1.807) is 0 Å². The van der Waals surface area contributed by atoms with Gasteiger partial charge in [0.1, 0.15) is 6.04 Å². The largest absolute Gasteiger partial charge is 0.336 e. The summed E-state index contributed by atoms with van der Waals surface area (Å²) in [7, 11) is 0. The molecule has 0 bridgehead atoms. The highest BCUT2D eigenvalue weighted by molar-refractivity contribution is 5.89. The molecule has 0 aromatic rings. The van der Waals surface area contributed by atoms with Crippen molar-refractivity contribution < 1.29 is 9.59 Å². The molecule has 2 amide bonds. The molecule has 0 aliphatic carbocycles. The van der Waals surface area contributed by atoms with E-state index in [0.717, 1.165) is 32.4 Å². The first kappa shape index (κ1) is 17.3. The van der Waals surface area contributed by atoms with Crippen LogP contribution >= 0.6 is 0 Å². The number of carbonyl (C=O) groups excluding carboxylic acids is 2. The van der Waals surface area contributed by atoms with Crippen LogP contribution in [0.1, 0.15) is 64.7 Å². The molecule has 4 fully saturated rings. The summed E-state index contributed by atoms with van der Waals surface area (Å²) < 4.78 is 0. The summed E-state index contributed by atoms with van der Waals surface area (Å²) in [6.45, 7) is 6.06. The molecule has 4 saturated heterocycles. The number of hydrogen-bond donors (Lipinski definition) is 0. The molecule has 4 rings (SSSR count). The molecular formula is C20H33N3O2. The Kier molecular flexibility index (Phi) is 5.03. The van der Waals surface area contributed by atoms with Crippen molar-refractivity contribution in [1.82, 2.24) is 14.7 Å². The van der Waals surface area contributed by atoms with Crippen LogP contribution in [0.4, 0.5) is 0 Å². The number of piperazine rings is 1. The van der Waals surface area contributed by atoms with E-state index >= 15 is 0 Å². The number of hydrogen-bond acceptors (Lipinski definition) is 3. The van der Waals surface area contributed by atoms with Gasteiger partial charge in [-0.25, -0.2) is 0 Å². The predicted octanol–water partition coefficient (Wildman–Crippen LogP) is 2.25. The summed E-state index contributed by atoms with van der Waals surface area (Å²) in [5, 5.41) is 0. The average molecular weight is 348 g/mol. The maximum Gasteiger partial charge on any atom is 0.245 e. The quantitative estimate of drug-likeness (QED) is 0.786. The number of fused-ring (bicyclic) bond motifs is 2. The Labute approximate surface area is 151 Å². The first-order chi connectivity index (χ1) is 12.1. The lowest BCUT2D eigenvalue weighted by Gasteiger charge is -2.45. The normalized spacial score (nSPS) is 36.3. The van der Waals surface area contributed by atoms with E-state index in [0.29, 0.717) is 18.4 Å². The maximum absolute atomic E-state index is 12.9. The van der Waals surface area contributed by atoms with Gasteiger partial charge >= 0.3 is 0 Å². The second kappa shape index (κ2) is 7.26. The molecule has 4 heterocycles. The van der Waals surface area contributed by atoms with Crippen molar-refractivity contribution >= 4 is 11.8 Å². The van der Waals surface area contributed by atoms with Crippen molar-refractivity contribution in [2.75, 3.05) is 26.2 Å². The summed E-state index contributed by atoms with van der Waals surface area (Å²) in [5.74, 6) is 1.05. The lowest BCUT2D eigenvalue weighted by molar-refractivity contribution is -0.152. The molecule has 0 aromatic carbocycles. The second-order valence-corrected chi connectivity index (χ2v) is 8.59. The van der Waals surface area contributed by atoms with E-state index in [1.165, 1.54) is 45.2 Å². The van der Waals surface area contributed by atoms with Crippen molar-refractivity contribution in [3.8, 4) is 0 Å². The predicted molar refractivity (Wildman–Crippen MR) is 97.1 cm³/mol. The minimum Gasteiger partial charge on any atom is -0.336 e. The Morgan fingerprint density at radius 3 is 2.72 bits per heavy atom. The first-order valence-corrected chi connectivity index (χ1v) is 10.5. The molecular weight excluding hydrogens is 314 g/mol. The van der Waals surface area contributed by atoms with Crippen LogP contribution < -0.4 is 0 Å². The lowest BCUT2D eigenvalue weighted by atomic mass is 9.81. The Bertz CT molecular complexity index is 521. The van der Waals surface area contributed by atoms with Gasteiger partial charge in [0.25, 0.3) is 0 Å². The van der Waals surface area contributed by atoms with Gasteiger partial charge in [0.15, 0.2) is 0 Å². The van der Waals surface area contributed by atoms with Gasteiger partial charge in [-0.2, -0.15) is 0 Å². The van der Waals surface area contributed by atoms with Crippen LogP contribution in [0.3, 0.4) is 0 Å². The molecule has 140 valence electrons. The zero-order valence-electron chi connectivity index (χ0n) is 15.7. The molecule has 0 spiro atoms. The summed E-state index contributed by atoms with van der Waals surface area (Å²) in [6, 6.07) is 0.719. The van der Waals surface area contributed by atoms with Crippen molar-refractivity contribution in [2.45, 2.75) is 82.8 Å². The molecule has 4 aliphatic rings. The SMILES string of the molecule is C[C@@H]1C(=O)N2CCC[C@H]2CN1C(=O)CC[C@@H]1CCCN2CCCC[C@H]12. The Morgan fingerprint density at radius 1 is 1.04 bits per heavy atom. The zero-order chi connectivity index (χ0) is 17.4. The van der Waals surface area contributed by atoms with Gasteiger partial charge in [0.2, 0.25) is 11.8 Å². The van der Waals surface area contributed by atoms with E-state index in [1.807, 2.05) is 16.7 Å². The second-order valence-electron chi connectivity index (χ2n) is 8.59. The minimum absolute atomic E-state index is 0.165. The number of piperidine rings is 2. The fourth-order valence-electron chi connectivity index (χ4n) is 5.76. The molecule has 0 saturated carbocycles. The van der Waals surface area contributed by atoms with Crippen molar-refractivity contribution in [2.24, 2.45) is 5.92 Å². The van der Waals surface area contributed by atoms with Crippen LogP contribution in [0.15, 0.2) is 0 Å². The van der Waals surface area contributed by atoms with E-state index < -0.39 is 0 Å². The Hall–Kier alpha value is -1.10. The van der Waals surface area contributed by atoms with E-state index in [9.17, 15) is 9.59 Å². The highest BCUT2D eigenvalue weighted by Gasteiger charge is 2.42. The summed E-state index contributed by atoms with van der Waals surface area (Å²) in [5.41, 5.74) is 0. The monoisotopic (exact) mass is 347 g/mol. The number of carbonyl (C=O) groups is 2. The minimum atomic E-state index is -0.264. The van der Waals surface area contributed by atoms with Gasteiger partial charge in [0, 0.05) is 31.6 Å². The van der Waals surface area contributed by atoms with Crippen molar-refractivity contribution in [3.63, 3.8) is 0 Å². The zero-order valence-corrected chi connectivity index (χ0v) is 15.7. The van der Waals surface area contributed by atoms with Crippen LogP contribution in [0.2, 0.25) is 0 Å². The smallest absolute Gasteiger partial charge is 0.245 e. The Balaban J connectivity index is 1.34. The maximum atomic E-state index is 12.9. The third-order valence-corrected chi connectivity index (χ3v) is 7.17. The van der Waals surface area contributed by atoms with Crippen LogP contribution in [0.5, 0.6) is 0 Å². The molecule has 0 unspecified atom stereocenters. The molecule has 25 heavy (non-hydrogen) atoms. The number of nitrogens with zero attached hydrogens (tertiary/aromatic N) is 3. The number of amides is 2. The van der Waals surface area contributed by atoms with E-state index in [4.69, 9.17) is 0 Å². The highest BCUT2D eigenvalue weighted by Crippen LogP contribution is 2.34. The molecule has 0 N–H and O–H groups in total. The van der Waals surface area contributed by atoms with Gasteiger partial charge in [-0.1, -0.05) is 6.42 Å². The Morgan fingerprint density at radius 2 is 1.84 bits per heavy atom. The fourth-order valence-corrected chi connectivity index (χ4v) is 5.76.